The van der Waals surface area contributed by atoms with Crippen molar-refractivity contribution in [1.82, 2.24) is 0 Å². The average Bonchev–Trinajstić information content (AvgIpc) is 2.65. The van der Waals surface area contributed by atoms with E-state index in [1.165, 1.54) is 0 Å². The number of halogens is 1. The lowest BCUT2D eigenvalue weighted by molar-refractivity contribution is 1.09. The van der Waals surface area contributed by atoms with Gasteiger partial charge < -0.3 is 5.73 Å². The highest BCUT2D eigenvalue weighted by molar-refractivity contribution is 9.10. The van der Waals surface area contributed by atoms with Gasteiger partial charge in [0, 0.05) is 5.70 Å². The van der Waals surface area contributed by atoms with Crippen molar-refractivity contribution in [1.29, 1.82) is 0 Å². The first-order valence-electron chi connectivity index (χ1n) is 5.74. The maximum atomic E-state index is 6.11. The Morgan fingerprint density at radius 2 is 2.00 bits per heavy atom. The fraction of sp³-hybridized carbons (Fsp3) is 0.154. The van der Waals surface area contributed by atoms with E-state index < -0.39 is 4.32 Å². The number of amidine groups is 1. The zero-order valence-electron chi connectivity index (χ0n) is 10.2. The molecule has 0 bridgehead atoms. The van der Waals surface area contributed by atoms with Crippen LogP contribution >= 0.6 is 28.1 Å². The van der Waals surface area contributed by atoms with Gasteiger partial charge in [0.2, 0.25) is 0 Å². The van der Waals surface area contributed by atoms with Crippen molar-refractivity contribution >= 4 is 50.4 Å². The molecule has 0 aromatic heterocycles. The summed E-state index contributed by atoms with van der Waals surface area (Å²) in [5, 5.41) is 6.33. The quantitative estimate of drug-likeness (QED) is 0.634. The number of benzene rings is 1. The first-order valence-corrected chi connectivity index (χ1v) is 6.94. The molecule has 0 spiro atoms. The van der Waals surface area contributed by atoms with Crippen LogP contribution in [0.1, 0.15) is 6.92 Å². The monoisotopic (exact) mass is 334 g/mol. The van der Waals surface area contributed by atoms with Gasteiger partial charge in [-0.3, -0.25) is 0 Å². The summed E-state index contributed by atoms with van der Waals surface area (Å²) >= 11 is 8.82. The molecule has 2 heterocycles. The largest absolute Gasteiger partial charge is 0.400 e. The molecular weight excluding hydrogens is 324 g/mol. The smallest absolute Gasteiger partial charge is 0.164 e. The van der Waals surface area contributed by atoms with Crippen molar-refractivity contribution in [2.75, 3.05) is 5.01 Å². The van der Waals surface area contributed by atoms with Crippen LogP contribution in [0.4, 0.5) is 5.69 Å². The lowest BCUT2D eigenvalue weighted by atomic mass is 9.97. The first-order chi connectivity index (χ1) is 9.03. The molecule has 0 fully saturated rings. The van der Waals surface area contributed by atoms with Crippen LogP contribution in [-0.2, 0) is 0 Å². The lowest BCUT2D eigenvalue weighted by Gasteiger charge is -2.28. The second-order valence-electron chi connectivity index (χ2n) is 4.36. The van der Waals surface area contributed by atoms with Gasteiger partial charge in [-0.2, -0.15) is 5.10 Å². The molecule has 19 heavy (non-hydrogen) atoms. The average molecular weight is 335 g/mol. The van der Waals surface area contributed by atoms with E-state index in [2.05, 4.69) is 26.0 Å². The Morgan fingerprint density at radius 3 is 2.68 bits per heavy atom. The van der Waals surface area contributed by atoms with Gasteiger partial charge in [-0.05, 0) is 25.1 Å². The number of dihydropyridines is 1. The van der Waals surface area contributed by atoms with Gasteiger partial charge in [0.15, 0.2) is 10.2 Å². The van der Waals surface area contributed by atoms with Crippen LogP contribution in [0.5, 0.6) is 0 Å². The summed E-state index contributed by atoms with van der Waals surface area (Å²) in [5.74, 6) is 0.696. The number of anilines is 1. The third-order valence-corrected chi connectivity index (χ3v) is 4.75. The first kappa shape index (κ1) is 12.5. The topological polar surface area (TPSA) is 54.0 Å². The molecule has 2 aliphatic rings. The molecular formula is C13H11BrN4S. The minimum absolute atomic E-state index is 0.466. The van der Waals surface area contributed by atoms with Crippen LogP contribution in [0.3, 0.4) is 0 Å². The Labute approximate surface area is 124 Å². The Kier molecular flexibility index (Phi) is 2.79. The summed E-state index contributed by atoms with van der Waals surface area (Å²) in [6.45, 7) is 1.92. The van der Waals surface area contributed by atoms with E-state index in [0.29, 0.717) is 16.5 Å². The van der Waals surface area contributed by atoms with E-state index >= 15 is 0 Å². The Balaban J connectivity index is 2.15. The maximum absolute atomic E-state index is 6.11. The number of rotatable bonds is 1. The van der Waals surface area contributed by atoms with Gasteiger partial charge in [-0.1, -0.05) is 46.3 Å². The molecule has 3 rings (SSSR count). The highest BCUT2D eigenvalue weighted by Crippen LogP contribution is 2.39. The molecule has 4 nitrogen and oxygen atoms in total. The van der Waals surface area contributed by atoms with Gasteiger partial charge in [-0.25, -0.2) is 10.0 Å². The fourth-order valence-electron chi connectivity index (χ4n) is 2.15. The number of aliphatic imine (C=N–C) groups is 1. The molecule has 0 amide bonds. The van der Waals surface area contributed by atoms with Crippen molar-refractivity contribution in [3.63, 3.8) is 0 Å². The molecule has 0 saturated heterocycles. The number of fused-ring (bicyclic) bond motifs is 1. The van der Waals surface area contributed by atoms with Crippen LogP contribution in [0.15, 0.2) is 52.2 Å². The van der Waals surface area contributed by atoms with E-state index in [-0.39, 0.29) is 0 Å². The molecule has 2 N–H and O–H groups in total. The predicted molar refractivity (Wildman–Crippen MR) is 86.0 cm³/mol. The molecule has 0 aliphatic carbocycles. The highest BCUT2D eigenvalue weighted by atomic mass is 79.9. The molecule has 1 atom stereocenters. The number of nitrogens with two attached hydrogens (primary N) is 1. The van der Waals surface area contributed by atoms with Gasteiger partial charge in [0.25, 0.3) is 0 Å². The maximum Gasteiger partial charge on any atom is 0.164 e. The number of hydrogen-bond acceptors (Lipinski definition) is 4. The number of thiocarbonyl (C=S) groups is 1. The lowest BCUT2D eigenvalue weighted by Crippen LogP contribution is -2.47. The minimum Gasteiger partial charge on any atom is -0.400 e. The van der Waals surface area contributed by atoms with E-state index in [1.54, 1.807) is 11.1 Å². The van der Waals surface area contributed by atoms with Crippen molar-refractivity contribution in [3.8, 4) is 0 Å². The molecule has 0 saturated carbocycles. The highest BCUT2D eigenvalue weighted by Gasteiger charge is 2.49. The van der Waals surface area contributed by atoms with Crippen LogP contribution in [0, 0.1) is 0 Å². The Hall–Kier alpha value is -1.53. The van der Waals surface area contributed by atoms with E-state index in [1.807, 2.05) is 37.3 Å². The number of nitrogens with zero attached hydrogens (tertiary/aromatic N) is 3. The summed E-state index contributed by atoms with van der Waals surface area (Å²) in [7, 11) is 0. The van der Waals surface area contributed by atoms with Crippen LogP contribution in [0.25, 0.3) is 0 Å². The van der Waals surface area contributed by atoms with Crippen LogP contribution in [-0.4, -0.2) is 20.9 Å². The SMILES string of the molecule is CC1=NN(c2ccccc2)C2=NC(=S)C=C(N)C12Br. The van der Waals surface area contributed by atoms with Crippen molar-refractivity contribution < 1.29 is 0 Å². The van der Waals surface area contributed by atoms with Crippen LogP contribution < -0.4 is 10.7 Å². The zero-order chi connectivity index (χ0) is 13.6. The number of hydrazone groups is 1. The van der Waals surface area contributed by atoms with Crippen molar-refractivity contribution in [3.05, 3.63) is 42.1 Å². The number of para-hydroxylation sites is 1. The molecule has 1 aromatic rings. The second-order valence-corrected chi connectivity index (χ2v) is 5.97. The third-order valence-electron chi connectivity index (χ3n) is 3.15. The summed E-state index contributed by atoms with van der Waals surface area (Å²) in [6, 6.07) is 9.80. The Bertz CT molecular complexity index is 650. The predicted octanol–water partition coefficient (Wildman–Crippen LogP) is 2.60. The van der Waals surface area contributed by atoms with E-state index in [9.17, 15) is 0 Å². The van der Waals surface area contributed by atoms with Gasteiger partial charge >= 0.3 is 0 Å². The van der Waals surface area contributed by atoms with E-state index in [4.69, 9.17) is 18.0 Å². The normalized spacial score (nSPS) is 25.7. The van der Waals surface area contributed by atoms with Crippen molar-refractivity contribution in [2.45, 2.75) is 11.2 Å². The summed E-state index contributed by atoms with van der Waals surface area (Å²) < 4.78 is -0.648. The minimum atomic E-state index is -0.648. The molecule has 1 unspecified atom stereocenters. The molecule has 1 aromatic carbocycles. The van der Waals surface area contributed by atoms with Gasteiger partial charge in [0.1, 0.15) is 4.99 Å². The number of hydrogen-bond donors (Lipinski definition) is 1. The molecule has 0 radical (unpaired) electrons. The fourth-order valence-corrected chi connectivity index (χ4v) is 2.82. The Morgan fingerprint density at radius 1 is 1.32 bits per heavy atom. The van der Waals surface area contributed by atoms with Crippen molar-refractivity contribution in [2.24, 2.45) is 15.8 Å². The number of alkyl halides is 1. The van der Waals surface area contributed by atoms with Gasteiger partial charge in [0.05, 0.1) is 11.4 Å². The summed E-state index contributed by atoms with van der Waals surface area (Å²) in [4.78, 5) is 4.90. The molecule has 2 aliphatic heterocycles. The molecule has 96 valence electrons. The summed E-state index contributed by atoms with van der Waals surface area (Å²) in [5.41, 5.74) is 8.50. The summed E-state index contributed by atoms with van der Waals surface area (Å²) in [6.07, 6.45) is 1.70. The van der Waals surface area contributed by atoms with Gasteiger partial charge in [-0.15, -0.1) is 0 Å². The molecule has 6 heteroatoms. The van der Waals surface area contributed by atoms with Crippen LogP contribution in [0.2, 0.25) is 0 Å². The third kappa shape index (κ3) is 1.74. The zero-order valence-corrected chi connectivity index (χ0v) is 12.6. The second kappa shape index (κ2) is 4.25. The van der Waals surface area contributed by atoms with E-state index in [0.717, 1.165) is 11.4 Å². The standard InChI is InChI=1S/C13H11BrN4S/c1-8-13(14)10(15)7-11(19)16-12(13)18(17-8)9-5-3-2-4-6-9/h2-7H,15H2,1H3.